The van der Waals surface area contributed by atoms with E-state index in [1.807, 2.05) is 0 Å². The molecular weight excluding hydrogens is 314 g/mol. The van der Waals surface area contributed by atoms with Gasteiger partial charge in [-0.25, -0.2) is 9.55 Å². The van der Waals surface area contributed by atoms with Gasteiger partial charge in [-0.15, -0.1) is 0 Å². The number of hydrogen-bond donors (Lipinski definition) is 0. The zero-order valence-electron chi connectivity index (χ0n) is 11.6. The van der Waals surface area contributed by atoms with Gasteiger partial charge in [0.05, 0.1) is 35.1 Å². The van der Waals surface area contributed by atoms with Gasteiger partial charge in [-0.3, -0.25) is 20.2 Å². The van der Waals surface area contributed by atoms with Gasteiger partial charge in [0.2, 0.25) is 5.82 Å². The molecule has 0 atom stereocenters. The Morgan fingerprint density at radius 3 is 2.04 bits per heavy atom. The van der Waals surface area contributed by atoms with Crippen molar-refractivity contribution in [3.05, 3.63) is 60.6 Å². The maximum Gasteiger partial charge on any atom is 0.342 e. The van der Waals surface area contributed by atoms with Crippen LogP contribution in [0.1, 0.15) is 5.82 Å². The van der Waals surface area contributed by atoms with E-state index < -0.39 is 26.1 Å². The van der Waals surface area contributed by atoms with Crippen LogP contribution in [0.15, 0.2) is 24.4 Å². The number of aromatic nitrogens is 2. The first kappa shape index (κ1) is 15.8. The minimum atomic E-state index is -0.786. The van der Waals surface area contributed by atoms with E-state index in [-0.39, 0.29) is 24.0 Å². The Morgan fingerprint density at radius 1 is 1.04 bits per heavy atom. The monoisotopic (exact) mass is 323 g/mol. The Hall–Kier alpha value is -3.57. The Bertz CT molecular complexity index is 768. The van der Waals surface area contributed by atoms with Crippen LogP contribution < -0.4 is 4.74 Å². The topological polar surface area (TPSA) is 156 Å². The molecule has 0 N–H and O–H groups in total. The van der Waals surface area contributed by atoms with Crippen molar-refractivity contribution in [1.82, 2.24) is 9.55 Å². The fourth-order valence-corrected chi connectivity index (χ4v) is 1.75. The van der Waals surface area contributed by atoms with Crippen LogP contribution in [-0.2, 0) is 13.7 Å². The summed E-state index contributed by atoms with van der Waals surface area (Å²) < 4.78 is 6.41. The first-order chi connectivity index (χ1) is 10.8. The molecule has 0 saturated carbocycles. The summed E-state index contributed by atoms with van der Waals surface area (Å²) in [5.74, 6) is -0.184. The Labute approximate surface area is 127 Å². The van der Waals surface area contributed by atoms with Crippen LogP contribution >= 0.6 is 0 Å². The Kier molecular flexibility index (Phi) is 4.16. The molecule has 23 heavy (non-hydrogen) atoms. The van der Waals surface area contributed by atoms with Gasteiger partial charge >= 0.3 is 5.82 Å². The first-order valence-electron chi connectivity index (χ1n) is 6.01. The summed E-state index contributed by atoms with van der Waals surface area (Å²) in [6, 6.07) is 2.84. The third-order valence-corrected chi connectivity index (χ3v) is 2.91. The van der Waals surface area contributed by atoms with Crippen LogP contribution in [0.4, 0.5) is 17.2 Å². The van der Waals surface area contributed by atoms with Crippen molar-refractivity contribution in [3.63, 3.8) is 0 Å². The highest BCUT2D eigenvalue weighted by Gasteiger charge is 2.20. The summed E-state index contributed by atoms with van der Waals surface area (Å²) in [6.07, 6.45) is 1.04. The number of nitro benzene ring substituents is 2. The van der Waals surface area contributed by atoms with Gasteiger partial charge in [-0.1, -0.05) is 0 Å². The van der Waals surface area contributed by atoms with Gasteiger partial charge in [-0.05, 0) is 4.92 Å². The number of ether oxygens (including phenoxy) is 1. The van der Waals surface area contributed by atoms with E-state index in [4.69, 9.17) is 4.74 Å². The van der Waals surface area contributed by atoms with Gasteiger partial charge in [0.25, 0.3) is 11.4 Å². The van der Waals surface area contributed by atoms with Crippen molar-refractivity contribution < 1.29 is 19.5 Å². The van der Waals surface area contributed by atoms with Crippen molar-refractivity contribution in [2.24, 2.45) is 7.05 Å². The molecule has 0 fully saturated rings. The fraction of sp³-hybridized carbons (Fsp3) is 0.182. The van der Waals surface area contributed by atoms with Crippen molar-refractivity contribution in [3.8, 4) is 5.75 Å². The molecule has 1 aromatic carbocycles. The van der Waals surface area contributed by atoms with E-state index in [0.29, 0.717) is 0 Å². The predicted octanol–water partition coefficient (Wildman–Crippen LogP) is 1.72. The molecule has 12 nitrogen and oxygen atoms in total. The number of rotatable bonds is 6. The van der Waals surface area contributed by atoms with Crippen molar-refractivity contribution in [2.75, 3.05) is 0 Å². The number of imidazole rings is 1. The second-order valence-corrected chi connectivity index (χ2v) is 4.34. The maximum atomic E-state index is 10.8. The Morgan fingerprint density at radius 2 is 1.61 bits per heavy atom. The van der Waals surface area contributed by atoms with E-state index in [0.717, 1.165) is 24.4 Å². The molecule has 0 spiro atoms. The quantitative estimate of drug-likeness (QED) is 0.574. The summed E-state index contributed by atoms with van der Waals surface area (Å²) >= 11 is 0. The zero-order chi connectivity index (χ0) is 17.1. The highest BCUT2D eigenvalue weighted by Crippen LogP contribution is 2.28. The molecule has 0 aliphatic rings. The van der Waals surface area contributed by atoms with Crippen molar-refractivity contribution in [1.29, 1.82) is 0 Å². The summed E-state index contributed by atoms with van der Waals surface area (Å²) in [5, 5.41) is 32.2. The summed E-state index contributed by atoms with van der Waals surface area (Å²) in [4.78, 5) is 33.8. The van der Waals surface area contributed by atoms with Gasteiger partial charge in [0, 0.05) is 0 Å². The van der Waals surface area contributed by atoms with Crippen LogP contribution in [-0.4, -0.2) is 24.3 Å². The SMILES string of the molecule is Cn1c([N+](=O)[O-])cnc1COc1cc([N+](=O)[O-])cc([N+](=O)[O-])c1. The van der Waals surface area contributed by atoms with Gasteiger partial charge < -0.3 is 14.9 Å². The van der Waals surface area contributed by atoms with Crippen LogP contribution in [0.2, 0.25) is 0 Å². The molecule has 0 aliphatic carbocycles. The second kappa shape index (κ2) is 6.05. The normalized spacial score (nSPS) is 10.3. The average molecular weight is 323 g/mol. The molecule has 0 aliphatic heterocycles. The molecular formula is C11H9N5O7. The van der Waals surface area contributed by atoms with E-state index in [9.17, 15) is 30.3 Å². The predicted molar refractivity (Wildman–Crippen MR) is 73.9 cm³/mol. The minimum absolute atomic E-state index is 0.114. The summed E-state index contributed by atoms with van der Waals surface area (Å²) in [7, 11) is 1.40. The van der Waals surface area contributed by atoms with Gasteiger partial charge in [-0.2, -0.15) is 0 Å². The summed E-state index contributed by atoms with van der Waals surface area (Å²) in [6.45, 7) is -0.247. The number of non-ortho nitro benzene ring substituents is 2. The van der Waals surface area contributed by atoms with E-state index in [1.165, 1.54) is 11.6 Å². The van der Waals surface area contributed by atoms with Crippen LogP contribution in [0, 0.1) is 30.3 Å². The highest BCUT2D eigenvalue weighted by molar-refractivity contribution is 5.49. The third-order valence-electron chi connectivity index (χ3n) is 2.91. The molecule has 2 aromatic rings. The molecule has 2 rings (SSSR count). The third kappa shape index (κ3) is 3.37. The molecule has 1 heterocycles. The average Bonchev–Trinajstić information content (AvgIpc) is 2.85. The molecule has 0 radical (unpaired) electrons. The van der Waals surface area contributed by atoms with Gasteiger partial charge in [0.1, 0.15) is 11.9 Å². The molecule has 120 valence electrons. The van der Waals surface area contributed by atoms with E-state index >= 15 is 0 Å². The van der Waals surface area contributed by atoms with Gasteiger partial charge in [0.15, 0.2) is 6.61 Å². The standard InChI is InChI=1S/C11H9N5O7/c1-13-10(12-5-11(13)16(21)22)6-23-9-3-7(14(17)18)2-8(4-9)15(19)20/h2-5H,6H2,1H3. The van der Waals surface area contributed by atoms with Crippen LogP contribution in [0.3, 0.4) is 0 Å². The van der Waals surface area contributed by atoms with E-state index in [2.05, 4.69) is 4.98 Å². The van der Waals surface area contributed by atoms with Crippen LogP contribution in [0.5, 0.6) is 5.75 Å². The first-order valence-corrected chi connectivity index (χ1v) is 6.01. The number of hydrogen-bond acceptors (Lipinski definition) is 8. The lowest BCUT2D eigenvalue weighted by Gasteiger charge is -2.04. The van der Waals surface area contributed by atoms with E-state index in [1.54, 1.807) is 0 Å². The Balaban J connectivity index is 2.25. The number of benzene rings is 1. The number of nitro groups is 3. The van der Waals surface area contributed by atoms with Crippen molar-refractivity contribution in [2.45, 2.75) is 6.61 Å². The highest BCUT2D eigenvalue weighted by atomic mass is 16.6. The second-order valence-electron chi connectivity index (χ2n) is 4.34. The lowest BCUT2D eigenvalue weighted by Crippen LogP contribution is -2.06. The largest absolute Gasteiger partial charge is 0.483 e. The molecule has 12 heteroatoms. The molecule has 1 aromatic heterocycles. The lowest BCUT2D eigenvalue weighted by molar-refractivity contribution is -0.394. The molecule has 0 unspecified atom stereocenters. The lowest BCUT2D eigenvalue weighted by atomic mass is 10.2. The van der Waals surface area contributed by atoms with Crippen LogP contribution in [0.25, 0.3) is 0 Å². The van der Waals surface area contributed by atoms with Crippen molar-refractivity contribution >= 4 is 17.2 Å². The molecule has 0 bridgehead atoms. The fourth-order valence-electron chi connectivity index (χ4n) is 1.75. The summed E-state index contributed by atoms with van der Waals surface area (Å²) in [5.41, 5.74) is -1.000. The molecule has 0 saturated heterocycles. The smallest absolute Gasteiger partial charge is 0.342 e. The number of nitrogens with zero attached hydrogens (tertiary/aromatic N) is 5. The molecule has 0 amide bonds. The zero-order valence-corrected chi connectivity index (χ0v) is 11.6. The maximum absolute atomic E-state index is 10.8. The minimum Gasteiger partial charge on any atom is -0.483 e.